The van der Waals surface area contributed by atoms with Gasteiger partial charge in [0.2, 0.25) is 11.8 Å². The Balaban J connectivity index is 1.99. The highest BCUT2D eigenvalue weighted by Gasteiger charge is 2.20. The van der Waals surface area contributed by atoms with Gasteiger partial charge < -0.3 is 15.4 Å². The van der Waals surface area contributed by atoms with Crippen LogP contribution in [-0.2, 0) is 19.1 Å². The fourth-order valence-corrected chi connectivity index (χ4v) is 3.89. The van der Waals surface area contributed by atoms with Gasteiger partial charge in [0.15, 0.2) is 12.4 Å². The number of hydrogen-bond acceptors (Lipinski definition) is 7. The topological polar surface area (TPSA) is 102 Å². The van der Waals surface area contributed by atoms with Gasteiger partial charge in [0.1, 0.15) is 0 Å². The maximum atomic E-state index is 12.4. The van der Waals surface area contributed by atoms with Crippen molar-refractivity contribution in [3.63, 3.8) is 0 Å². The van der Waals surface area contributed by atoms with Crippen molar-refractivity contribution < 1.29 is 23.9 Å². The van der Waals surface area contributed by atoms with Gasteiger partial charge in [-0.2, -0.15) is 0 Å². The van der Waals surface area contributed by atoms with Gasteiger partial charge in [0.05, 0.1) is 18.2 Å². The van der Waals surface area contributed by atoms with Crippen LogP contribution < -0.4 is 10.6 Å². The van der Waals surface area contributed by atoms with Crippen molar-refractivity contribution in [3.05, 3.63) is 46.2 Å². The molecule has 0 radical (unpaired) electrons. The van der Waals surface area contributed by atoms with E-state index in [1.54, 1.807) is 18.2 Å². The molecular weight excluding hydrogens is 412 g/mol. The van der Waals surface area contributed by atoms with E-state index in [1.807, 2.05) is 23.8 Å². The van der Waals surface area contributed by atoms with E-state index in [0.29, 0.717) is 11.3 Å². The van der Waals surface area contributed by atoms with Gasteiger partial charge in [0.25, 0.3) is 0 Å². The van der Waals surface area contributed by atoms with E-state index in [2.05, 4.69) is 10.6 Å². The first-order valence-corrected chi connectivity index (χ1v) is 10.9. The minimum absolute atomic E-state index is 0.0735. The summed E-state index contributed by atoms with van der Waals surface area (Å²) in [6, 6.07) is 8.07. The number of hydrogen-bond donors (Lipinski definition) is 2. The van der Waals surface area contributed by atoms with Crippen molar-refractivity contribution in [1.82, 2.24) is 5.32 Å². The maximum Gasteiger partial charge on any atom is 0.308 e. The zero-order valence-electron chi connectivity index (χ0n) is 16.3. The van der Waals surface area contributed by atoms with Crippen LogP contribution in [0.3, 0.4) is 0 Å². The molecule has 2 amide bonds. The highest BCUT2D eigenvalue weighted by atomic mass is 32.2. The van der Waals surface area contributed by atoms with E-state index in [0.717, 1.165) is 9.77 Å². The van der Waals surface area contributed by atoms with E-state index in [4.69, 9.17) is 4.74 Å². The summed E-state index contributed by atoms with van der Waals surface area (Å²) in [5.41, 5.74) is 0.863. The molecule has 0 aliphatic heterocycles. The van der Waals surface area contributed by atoms with Crippen LogP contribution in [-0.4, -0.2) is 36.4 Å². The summed E-state index contributed by atoms with van der Waals surface area (Å²) in [5.74, 6) is -1.47. The van der Waals surface area contributed by atoms with E-state index in [1.165, 1.54) is 36.9 Å². The summed E-state index contributed by atoms with van der Waals surface area (Å²) in [7, 11) is 0. The minimum atomic E-state index is -0.590. The molecule has 1 heterocycles. The number of carbonyl (C=O) groups is 4. The standard InChI is InChI=1S/C20H22N2O5S2/c1-12(23)21-15-9-14(6-7-18(15)28-3)17(25)11-27-20(26)10-16(22-13(2)24)19-5-4-8-29-19/h4-9,16H,10-11H2,1-3H3,(H,21,23)(H,22,24). The van der Waals surface area contributed by atoms with Crippen LogP contribution in [0.25, 0.3) is 0 Å². The smallest absolute Gasteiger partial charge is 0.308 e. The molecule has 1 unspecified atom stereocenters. The Morgan fingerprint density at radius 1 is 1.14 bits per heavy atom. The Kier molecular flexibility index (Phi) is 8.41. The molecule has 2 N–H and O–H groups in total. The lowest BCUT2D eigenvalue weighted by Gasteiger charge is -2.15. The quantitative estimate of drug-likeness (QED) is 0.356. The van der Waals surface area contributed by atoms with E-state index < -0.39 is 18.6 Å². The number of ether oxygens (including phenoxy) is 1. The van der Waals surface area contributed by atoms with Gasteiger partial charge in [-0.15, -0.1) is 23.1 Å². The fourth-order valence-electron chi connectivity index (χ4n) is 2.58. The summed E-state index contributed by atoms with van der Waals surface area (Å²) in [5, 5.41) is 7.25. The van der Waals surface area contributed by atoms with Crippen LogP contribution in [0, 0.1) is 0 Å². The van der Waals surface area contributed by atoms with Crippen molar-refractivity contribution in [2.75, 3.05) is 18.2 Å². The number of anilines is 1. The van der Waals surface area contributed by atoms with Crippen molar-refractivity contribution in [1.29, 1.82) is 0 Å². The number of amides is 2. The third-order valence-electron chi connectivity index (χ3n) is 3.83. The summed E-state index contributed by atoms with van der Waals surface area (Å²) in [6.45, 7) is 2.34. The van der Waals surface area contributed by atoms with Crippen molar-refractivity contribution in [2.45, 2.75) is 31.2 Å². The van der Waals surface area contributed by atoms with Crippen LogP contribution in [0.1, 0.15) is 41.5 Å². The molecule has 1 atom stereocenters. The molecule has 0 saturated carbocycles. The molecule has 2 aromatic rings. The zero-order valence-corrected chi connectivity index (χ0v) is 17.9. The molecule has 0 bridgehead atoms. The average Bonchev–Trinajstić information content (AvgIpc) is 3.19. The molecule has 154 valence electrons. The SMILES string of the molecule is CSc1ccc(C(=O)COC(=O)CC(NC(C)=O)c2cccs2)cc1NC(C)=O. The molecule has 0 spiro atoms. The Morgan fingerprint density at radius 2 is 1.90 bits per heavy atom. The lowest BCUT2D eigenvalue weighted by Crippen LogP contribution is -2.28. The molecule has 9 heteroatoms. The third-order valence-corrected chi connectivity index (χ3v) is 5.61. The van der Waals surface area contributed by atoms with Gasteiger partial charge in [-0.1, -0.05) is 12.1 Å². The largest absolute Gasteiger partial charge is 0.457 e. The number of thioether (sulfide) groups is 1. The molecule has 0 saturated heterocycles. The monoisotopic (exact) mass is 434 g/mol. The lowest BCUT2D eigenvalue weighted by molar-refractivity contribution is -0.143. The van der Waals surface area contributed by atoms with E-state index in [9.17, 15) is 19.2 Å². The second kappa shape index (κ2) is 10.8. The molecule has 29 heavy (non-hydrogen) atoms. The fraction of sp³-hybridized carbons (Fsp3) is 0.300. The first-order valence-electron chi connectivity index (χ1n) is 8.75. The number of esters is 1. The first kappa shape index (κ1) is 22.6. The minimum Gasteiger partial charge on any atom is -0.457 e. The Hall–Kier alpha value is -2.65. The van der Waals surface area contributed by atoms with Gasteiger partial charge >= 0.3 is 5.97 Å². The summed E-state index contributed by atoms with van der Waals surface area (Å²) < 4.78 is 5.12. The second-order valence-corrected chi connectivity index (χ2v) is 7.98. The van der Waals surface area contributed by atoms with Crippen LogP contribution >= 0.6 is 23.1 Å². The molecule has 0 aliphatic rings. The lowest BCUT2D eigenvalue weighted by atomic mass is 10.1. The van der Waals surface area contributed by atoms with Gasteiger partial charge in [-0.25, -0.2) is 0 Å². The predicted molar refractivity (Wildman–Crippen MR) is 113 cm³/mol. The number of thiophene rings is 1. The zero-order chi connectivity index (χ0) is 21.4. The molecule has 2 rings (SSSR count). The number of ketones is 1. The molecule has 0 fully saturated rings. The van der Waals surface area contributed by atoms with Gasteiger partial charge in [0, 0.05) is 29.2 Å². The van der Waals surface area contributed by atoms with Crippen LogP contribution in [0.4, 0.5) is 5.69 Å². The number of benzene rings is 1. The molecule has 1 aromatic carbocycles. The average molecular weight is 435 g/mol. The Bertz CT molecular complexity index is 896. The summed E-state index contributed by atoms with van der Waals surface area (Å²) in [6.07, 6.45) is 1.79. The normalized spacial score (nSPS) is 11.4. The molecular formula is C20H22N2O5S2. The van der Waals surface area contributed by atoms with Crippen molar-refractivity contribution in [3.8, 4) is 0 Å². The second-order valence-electron chi connectivity index (χ2n) is 6.15. The molecule has 0 aliphatic carbocycles. The van der Waals surface area contributed by atoms with Crippen LogP contribution in [0.5, 0.6) is 0 Å². The number of rotatable bonds is 9. The van der Waals surface area contributed by atoms with Crippen molar-refractivity contribution in [2.24, 2.45) is 0 Å². The van der Waals surface area contributed by atoms with Crippen LogP contribution in [0.15, 0.2) is 40.6 Å². The van der Waals surface area contributed by atoms with Gasteiger partial charge in [-0.3, -0.25) is 19.2 Å². The highest BCUT2D eigenvalue weighted by Crippen LogP contribution is 2.27. The van der Waals surface area contributed by atoms with Crippen LogP contribution in [0.2, 0.25) is 0 Å². The molecule has 7 nitrogen and oxygen atoms in total. The highest BCUT2D eigenvalue weighted by molar-refractivity contribution is 7.98. The third kappa shape index (κ3) is 7.03. The maximum absolute atomic E-state index is 12.4. The van der Waals surface area contributed by atoms with E-state index >= 15 is 0 Å². The Labute approximate surface area is 177 Å². The van der Waals surface area contributed by atoms with Gasteiger partial charge in [-0.05, 0) is 29.8 Å². The number of carbonyl (C=O) groups excluding carboxylic acids is 4. The van der Waals surface area contributed by atoms with Crippen molar-refractivity contribution >= 4 is 52.4 Å². The number of Topliss-reactive ketones (excluding diaryl/α,β-unsaturated/α-hetero) is 1. The predicted octanol–water partition coefficient (Wildman–Crippen LogP) is 3.42. The summed E-state index contributed by atoms with van der Waals surface area (Å²) in [4.78, 5) is 49.0. The first-order chi connectivity index (χ1) is 13.8. The number of nitrogens with one attached hydrogen (secondary N) is 2. The van der Waals surface area contributed by atoms with E-state index in [-0.39, 0.29) is 24.0 Å². The summed E-state index contributed by atoms with van der Waals surface area (Å²) >= 11 is 2.86. The molecule has 1 aromatic heterocycles. The Morgan fingerprint density at radius 3 is 2.48 bits per heavy atom.